The molecule has 5 aliphatic rings. The SMILES string of the molecule is COCCOC(=O)N1C(=O)[C@@]2(c3cc(C#Cc4ccc(OC)cc4)ccc31)[C@H](C(=O)N1CCN(Cc3ccc4c(c3)OCO4)CC1)[C@H]1C(=O)O[C@H](c3ccccc3)[C@H](c3ccccc3)N1[C@@H]2c1ccccc1OCCO. The van der Waals surface area contributed by atoms with Crippen molar-refractivity contribution in [1.82, 2.24) is 14.7 Å². The number of carbonyl (C=O) groups is 4. The molecule has 5 heterocycles. The van der Waals surface area contributed by atoms with Crippen LogP contribution in [-0.4, -0.2) is 123 Å². The number of anilines is 1. The van der Waals surface area contributed by atoms with Crippen molar-refractivity contribution >= 4 is 29.6 Å². The Labute approximate surface area is 440 Å². The summed E-state index contributed by atoms with van der Waals surface area (Å²) < 4.78 is 40.7. The summed E-state index contributed by atoms with van der Waals surface area (Å²) in [7, 11) is 3.06. The number of ether oxygens (including phenoxy) is 7. The lowest BCUT2D eigenvalue weighted by atomic mass is 9.64. The van der Waals surface area contributed by atoms with Crippen molar-refractivity contribution in [1.29, 1.82) is 0 Å². The summed E-state index contributed by atoms with van der Waals surface area (Å²) in [6.45, 7) is 1.62. The van der Waals surface area contributed by atoms with Gasteiger partial charge in [0.05, 0.1) is 44.0 Å². The molecule has 0 radical (unpaired) electrons. The minimum atomic E-state index is -2.09. The predicted octanol–water partition coefficient (Wildman–Crippen LogP) is 6.99. The third-order valence-corrected chi connectivity index (χ3v) is 15.0. The molecule has 16 nitrogen and oxygen atoms in total. The second-order valence-electron chi connectivity index (χ2n) is 19.1. The molecule has 0 bridgehead atoms. The maximum atomic E-state index is 16.8. The van der Waals surface area contributed by atoms with Crippen molar-refractivity contribution in [3.8, 4) is 34.8 Å². The van der Waals surface area contributed by atoms with E-state index in [0.29, 0.717) is 64.9 Å². The Morgan fingerprint density at radius 2 is 1.42 bits per heavy atom. The largest absolute Gasteiger partial charge is 0.497 e. The molecule has 0 saturated carbocycles. The first kappa shape index (κ1) is 50.0. The van der Waals surface area contributed by atoms with E-state index in [-0.39, 0.29) is 57.6 Å². The molecule has 0 unspecified atom stereocenters. The first-order chi connectivity index (χ1) is 37.2. The highest BCUT2D eigenvalue weighted by molar-refractivity contribution is 6.23. The average molecular weight is 1030 g/mol. The number of aliphatic hydroxyl groups excluding tert-OH is 1. The van der Waals surface area contributed by atoms with Crippen LogP contribution in [0.25, 0.3) is 0 Å². The smallest absolute Gasteiger partial charge is 0.421 e. The molecular formula is C60H56N4O12. The van der Waals surface area contributed by atoms with Crippen LogP contribution in [0.4, 0.5) is 10.5 Å². The zero-order chi connectivity index (χ0) is 52.3. The van der Waals surface area contributed by atoms with Gasteiger partial charge in [-0.25, -0.2) is 9.69 Å². The molecule has 16 heteroatoms. The van der Waals surface area contributed by atoms with Gasteiger partial charge in [0.2, 0.25) is 18.6 Å². The van der Waals surface area contributed by atoms with E-state index < -0.39 is 59.4 Å². The Bertz CT molecular complexity index is 3190. The van der Waals surface area contributed by atoms with Crippen LogP contribution in [0, 0.1) is 17.8 Å². The van der Waals surface area contributed by atoms with Crippen LogP contribution in [0.2, 0.25) is 0 Å². The fraction of sp³-hybridized carbons (Fsp3) is 0.300. The van der Waals surface area contributed by atoms with E-state index in [4.69, 9.17) is 33.2 Å². The number of morpholine rings is 1. The van der Waals surface area contributed by atoms with Crippen LogP contribution in [0.1, 0.15) is 57.1 Å². The zero-order valence-corrected chi connectivity index (χ0v) is 42.0. The summed E-state index contributed by atoms with van der Waals surface area (Å²) in [4.78, 5) is 70.7. The van der Waals surface area contributed by atoms with Crippen LogP contribution in [-0.2, 0) is 40.6 Å². The first-order valence-corrected chi connectivity index (χ1v) is 25.3. The van der Waals surface area contributed by atoms with Crippen LogP contribution in [0.5, 0.6) is 23.0 Å². The van der Waals surface area contributed by atoms with Gasteiger partial charge in [0, 0.05) is 56.5 Å². The van der Waals surface area contributed by atoms with Crippen molar-refractivity contribution in [2.24, 2.45) is 5.92 Å². The van der Waals surface area contributed by atoms with Crippen molar-refractivity contribution in [3.05, 3.63) is 185 Å². The molecule has 6 atom stereocenters. The van der Waals surface area contributed by atoms with E-state index in [1.807, 2.05) is 102 Å². The molecule has 3 fully saturated rings. The van der Waals surface area contributed by atoms with Gasteiger partial charge in [-0.1, -0.05) is 96.8 Å². The molecule has 388 valence electrons. The first-order valence-electron chi connectivity index (χ1n) is 25.3. The second-order valence-corrected chi connectivity index (χ2v) is 19.1. The maximum Gasteiger partial charge on any atom is 0.421 e. The lowest BCUT2D eigenvalue weighted by molar-refractivity contribution is -0.179. The monoisotopic (exact) mass is 1020 g/mol. The van der Waals surface area contributed by atoms with E-state index >= 15 is 14.4 Å². The van der Waals surface area contributed by atoms with Crippen molar-refractivity contribution in [2.45, 2.75) is 36.2 Å². The number of hydrogen-bond donors (Lipinski definition) is 1. The molecule has 0 aliphatic carbocycles. The summed E-state index contributed by atoms with van der Waals surface area (Å²) in [5.74, 6) is 5.35. The molecule has 1 spiro atoms. The molecule has 5 aliphatic heterocycles. The quantitative estimate of drug-likeness (QED) is 0.0715. The maximum absolute atomic E-state index is 16.8. The van der Waals surface area contributed by atoms with Crippen LogP contribution in [0.15, 0.2) is 146 Å². The molecule has 6 aromatic rings. The molecule has 6 aromatic carbocycles. The van der Waals surface area contributed by atoms with E-state index in [1.54, 1.807) is 60.5 Å². The van der Waals surface area contributed by atoms with Crippen LogP contribution >= 0.6 is 0 Å². The summed E-state index contributed by atoms with van der Waals surface area (Å²) in [5, 5.41) is 10.2. The van der Waals surface area contributed by atoms with Gasteiger partial charge in [-0.3, -0.25) is 24.2 Å². The molecule has 1 N–H and O–H groups in total. The number of hydrogen-bond acceptors (Lipinski definition) is 14. The van der Waals surface area contributed by atoms with Gasteiger partial charge in [-0.2, -0.15) is 0 Å². The Kier molecular flexibility index (Phi) is 14.2. The van der Waals surface area contributed by atoms with Gasteiger partial charge < -0.3 is 43.2 Å². The highest BCUT2D eigenvalue weighted by Crippen LogP contribution is 2.67. The number of piperazine rings is 1. The van der Waals surface area contributed by atoms with Gasteiger partial charge >= 0.3 is 12.1 Å². The standard InChI is InChI=1S/C60H56N4O12/c1-70-33-34-73-59(69)63-47-25-21-40(18-17-39-19-23-44(71-2)24-20-39)35-46(47)60(58(63)68)51(56(66)62-29-27-61(28-30-62)37-41-22-26-49-50(36-41)75-38-74-49)53-57(67)76-54(43-13-7-4-8-14-43)52(42-11-5-3-6-12-42)64(53)55(60)45-15-9-10-16-48(45)72-32-31-65/h3-16,19-26,35-36,51-55,65H,27-34,37-38H2,1-2H3/t51-,52-,53-,54+,55+,60-/m0/s1. The number of benzene rings is 6. The minimum Gasteiger partial charge on any atom is -0.497 e. The number of aliphatic hydroxyl groups is 1. The second kappa shape index (κ2) is 21.6. The molecule has 3 amide bonds. The number of methoxy groups -OCH3 is 2. The Morgan fingerprint density at radius 3 is 2.16 bits per heavy atom. The number of carbonyl (C=O) groups excluding carboxylic acids is 4. The van der Waals surface area contributed by atoms with E-state index in [9.17, 15) is 9.90 Å². The Balaban J connectivity index is 1.13. The zero-order valence-electron chi connectivity index (χ0n) is 42.0. The van der Waals surface area contributed by atoms with E-state index in [1.165, 1.54) is 7.11 Å². The van der Waals surface area contributed by atoms with Crippen molar-refractivity contribution in [3.63, 3.8) is 0 Å². The van der Waals surface area contributed by atoms with Crippen molar-refractivity contribution in [2.75, 3.05) is 78.5 Å². The van der Waals surface area contributed by atoms with Crippen LogP contribution < -0.4 is 23.8 Å². The number of fused-ring (bicyclic) bond motifs is 4. The predicted molar refractivity (Wildman–Crippen MR) is 278 cm³/mol. The number of nitrogens with zero attached hydrogens (tertiary/aromatic N) is 4. The lowest BCUT2D eigenvalue weighted by Gasteiger charge is -2.46. The fourth-order valence-electron chi connectivity index (χ4n) is 11.6. The summed E-state index contributed by atoms with van der Waals surface area (Å²) >= 11 is 0. The normalized spacial score (nSPS) is 22.6. The van der Waals surface area contributed by atoms with Crippen molar-refractivity contribution < 1.29 is 57.4 Å². The number of amides is 3. The topological polar surface area (TPSA) is 166 Å². The highest BCUT2D eigenvalue weighted by Gasteiger charge is 2.76. The summed E-state index contributed by atoms with van der Waals surface area (Å²) in [5.41, 5.74) is 2.41. The van der Waals surface area contributed by atoms with E-state index in [2.05, 4.69) is 16.7 Å². The number of imide groups is 1. The molecule has 0 aromatic heterocycles. The lowest BCUT2D eigenvalue weighted by Crippen LogP contribution is -2.59. The highest BCUT2D eigenvalue weighted by atomic mass is 16.7. The molecule has 3 saturated heterocycles. The Hall–Kier alpha value is -8.20. The average Bonchev–Trinajstić information content (AvgIpc) is 4.33. The van der Waals surface area contributed by atoms with Gasteiger partial charge in [-0.05, 0) is 82.9 Å². The van der Waals surface area contributed by atoms with Gasteiger partial charge in [0.1, 0.15) is 42.3 Å². The van der Waals surface area contributed by atoms with Crippen LogP contribution in [0.3, 0.4) is 0 Å². The van der Waals surface area contributed by atoms with Gasteiger partial charge in [0.25, 0.3) is 0 Å². The minimum absolute atomic E-state index is 0.0485. The van der Waals surface area contributed by atoms with Gasteiger partial charge in [-0.15, -0.1) is 0 Å². The number of esters is 1. The molecule has 76 heavy (non-hydrogen) atoms. The summed E-state index contributed by atoms with van der Waals surface area (Å²) in [6.07, 6.45) is -1.93. The molecular weight excluding hydrogens is 969 g/mol. The van der Waals surface area contributed by atoms with E-state index in [0.717, 1.165) is 16.0 Å². The number of para-hydroxylation sites is 1. The fourth-order valence-corrected chi connectivity index (χ4v) is 11.6. The number of cyclic esters (lactones) is 1. The Morgan fingerprint density at radius 1 is 0.724 bits per heavy atom. The number of rotatable bonds is 13. The third-order valence-electron chi connectivity index (χ3n) is 15.0. The molecule has 11 rings (SSSR count). The third kappa shape index (κ3) is 9.04. The van der Waals surface area contributed by atoms with Gasteiger partial charge in [0.15, 0.2) is 11.5 Å². The summed E-state index contributed by atoms with van der Waals surface area (Å²) in [6, 6.07) is 40.9.